The molecular weight excluding hydrogens is 747 g/mol. The van der Waals surface area contributed by atoms with Crippen LogP contribution >= 0.6 is 0 Å². The van der Waals surface area contributed by atoms with Crippen LogP contribution in [0.1, 0.15) is 81.5 Å². The quantitative estimate of drug-likeness (QED) is 0.236. The van der Waals surface area contributed by atoms with Gasteiger partial charge < -0.3 is 15.0 Å². The molecule has 1 saturated carbocycles. The van der Waals surface area contributed by atoms with Gasteiger partial charge in [-0.2, -0.15) is 23.3 Å². The lowest BCUT2D eigenvalue weighted by molar-refractivity contribution is -0.141. The number of methoxy groups -OCH3 is 1. The molecule has 4 saturated heterocycles. The fourth-order valence-corrected chi connectivity index (χ4v) is 8.90. The summed E-state index contributed by atoms with van der Waals surface area (Å²) in [6.45, 7) is 2.56. The molecule has 6 aliphatic rings. The molecule has 2 aromatic heterocycles. The Labute approximate surface area is 323 Å². The second-order valence-electron chi connectivity index (χ2n) is 15.3. The summed E-state index contributed by atoms with van der Waals surface area (Å²) in [4.78, 5) is 71.7. The minimum atomic E-state index is -4.68. The van der Waals surface area contributed by atoms with E-state index >= 15 is 0 Å². The third-order valence-corrected chi connectivity index (χ3v) is 11.9. The van der Waals surface area contributed by atoms with Gasteiger partial charge in [-0.05, 0) is 74.4 Å². The molecule has 296 valence electrons. The van der Waals surface area contributed by atoms with Gasteiger partial charge in [0.1, 0.15) is 17.1 Å². The number of fused-ring (bicyclic) bond motifs is 4. The third kappa shape index (κ3) is 6.60. The summed E-state index contributed by atoms with van der Waals surface area (Å²) >= 11 is 0. The number of amides is 6. The first kappa shape index (κ1) is 36.6. The van der Waals surface area contributed by atoms with Crippen LogP contribution in [0.15, 0.2) is 54.7 Å². The van der Waals surface area contributed by atoms with Crippen LogP contribution in [0.3, 0.4) is 0 Å². The third-order valence-electron chi connectivity index (χ3n) is 11.9. The van der Waals surface area contributed by atoms with Gasteiger partial charge in [-0.25, -0.2) is 14.8 Å². The van der Waals surface area contributed by atoms with Gasteiger partial charge in [0.15, 0.2) is 0 Å². The Bertz CT molecular complexity index is 2330. The molecule has 57 heavy (non-hydrogen) atoms. The average molecular weight is 786 g/mol. The van der Waals surface area contributed by atoms with E-state index in [-0.39, 0.29) is 35.8 Å². The van der Waals surface area contributed by atoms with Crippen LogP contribution < -0.4 is 20.3 Å². The van der Waals surface area contributed by atoms with Crippen molar-refractivity contribution in [2.45, 2.75) is 62.8 Å². The largest absolute Gasteiger partial charge is 0.494 e. The first-order valence-corrected chi connectivity index (χ1v) is 18.9. The van der Waals surface area contributed by atoms with Gasteiger partial charge in [0.25, 0.3) is 17.7 Å². The standard InChI is InChI=1S/C39H38F3N9O6/c1-57-32-16-30-22(13-31(32)44-35(53)29-3-2-4-33(43-29)39(40,41)42)18-49(46-30)23-7-5-21(6-8-23)17-48-25-14-26(48)20-47(19-25)24-9-10-27-28(15-24)37(55)51(36(27)54)50-12-11-34(52)45-38(50)56/h2-4,9-10,13,15-16,18,21,23,25-26H,5-8,11-12,14,17,19-20H2,1H3,(H,44,53)(H,45,52,56)/t21?,23?,25-,26?/m1/s1. The summed E-state index contributed by atoms with van der Waals surface area (Å²) in [7, 11) is 1.44. The Morgan fingerprint density at radius 1 is 0.947 bits per heavy atom. The Kier molecular flexibility index (Phi) is 8.90. The number of alkyl halides is 3. The molecule has 2 aromatic carbocycles. The molecular formula is C39H38F3N9O6. The number of carbonyl (C=O) groups is 5. The monoisotopic (exact) mass is 785 g/mol. The number of aromatic nitrogens is 3. The van der Waals surface area contributed by atoms with Crippen molar-refractivity contribution in [1.29, 1.82) is 0 Å². The summed E-state index contributed by atoms with van der Waals surface area (Å²) in [6, 6.07) is 12.0. The van der Waals surface area contributed by atoms with Crippen LogP contribution in [0.25, 0.3) is 10.9 Å². The number of carbonyl (C=O) groups excluding carboxylic acids is 5. The van der Waals surface area contributed by atoms with Gasteiger partial charge in [0.05, 0.1) is 42.0 Å². The highest BCUT2D eigenvalue weighted by molar-refractivity contribution is 6.22. The number of hydrazine groups is 1. The number of piperidine rings is 1. The van der Waals surface area contributed by atoms with E-state index in [0.29, 0.717) is 35.0 Å². The molecule has 18 heteroatoms. The smallest absolute Gasteiger partial charge is 0.433 e. The highest BCUT2D eigenvalue weighted by atomic mass is 19.4. The maximum Gasteiger partial charge on any atom is 0.433 e. The number of nitrogens with one attached hydrogen (secondary N) is 2. The number of rotatable bonds is 8. The molecule has 1 aliphatic carbocycles. The number of hydrogen-bond acceptors (Lipinski definition) is 10. The average Bonchev–Trinajstić information content (AvgIpc) is 3.73. The van der Waals surface area contributed by atoms with E-state index in [0.717, 1.165) is 85.0 Å². The van der Waals surface area contributed by atoms with Crippen LogP contribution in [0, 0.1) is 5.92 Å². The van der Waals surface area contributed by atoms with Crippen molar-refractivity contribution in [3.05, 3.63) is 77.2 Å². The van der Waals surface area contributed by atoms with E-state index in [2.05, 4.69) is 25.4 Å². The Morgan fingerprint density at radius 3 is 2.42 bits per heavy atom. The second-order valence-corrected chi connectivity index (χ2v) is 15.3. The normalized spacial score (nSPS) is 23.8. The fraction of sp³-hybridized carbons (Fsp3) is 0.410. The molecule has 2 bridgehead atoms. The van der Waals surface area contributed by atoms with E-state index in [9.17, 15) is 37.1 Å². The lowest BCUT2D eigenvalue weighted by atomic mass is 9.81. The van der Waals surface area contributed by atoms with Crippen molar-refractivity contribution in [1.82, 2.24) is 35.0 Å². The number of piperazine rings is 1. The molecule has 0 spiro atoms. The number of pyridine rings is 1. The van der Waals surface area contributed by atoms with Gasteiger partial charge in [0, 0.05) is 61.5 Å². The van der Waals surface area contributed by atoms with Crippen LogP contribution in [0.5, 0.6) is 5.75 Å². The van der Waals surface area contributed by atoms with Crippen LogP contribution in [0.4, 0.5) is 29.3 Å². The highest BCUT2D eigenvalue weighted by Gasteiger charge is 2.47. The zero-order valence-corrected chi connectivity index (χ0v) is 30.8. The number of nitrogens with zero attached hydrogens (tertiary/aromatic N) is 7. The van der Waals surface area contributed by atoms with Crippen molar-refractivity contribution in [2.24, 2.45) is 5.92 Å². The second kappa shape index (κ2) is 13.9. The number of imide groups is 2. The van der Waals surface area contributed by atoms with E-state index in [1.54, 1.807) is 24.3 Å². The molecule has 1 unspecified atom stereocenters. The molecule has 5 aliphatic heterocycles. The molecule has 5 fully saturated rings. The number of ether oxygens (including phenoxy) is 1. The molecule has 0 radical (unpaired) electrons. The number of benzene rings is 2. The Hall–Kier alpha value is -6.04. The molecule has 6 amide bonds. The van der Waals surface area contributed by atoms with Gasteiger partial charge in [-0.3, -0.25) is 34.1 Å². The Balaban J connectivity index is 0.798. The first-order valence-electron chi connectivity index (χ1n) is 18.9. The summed E-state index contributed by atoms with van der Waals surface area (Å²) < 4.78 is 47.0. The zero-order chi connectivity index (χ0) is 39.7. The van der Waals surface area contributed by atoms with E-state index in [4.69, 9.17) is 9.84 Å². The fourth-order valence-electron chi connectivity index (χ4n) is 8.90. The number of halogens is 3. The predicted molar refractivity (Wildman–Crippen MR) is 197 cm³/mol. The van der Waals surface area contributed by atoms with Crippen molar-refractivity contribution in [3.8, 4) is 5.75 Å². The SMILES string of the molecule is COc1cc2nn(C3CCC(CN4C5C[C@@H]4CN(c4ccc6c(c4)C(=O)N(N4CCC(=O)NC4=O)C6=O)C5)CC3)cc2cc1NC(=O)c1cccc(C(F)(F)F)n1. The molecule has 7 heterocycles. The Morgan fingerprint density at radius 2 is 1.70 bits per heavy atom. The topological polar surface area (TPSA) is 162 Å². The van der Waals surface area contributed by atoms with Crippen molar-refractivity contribution in [3.63, 3.8) is 0 Å². The van der Waals surface area contributed by atoms with Gasteiger partial charge in [0.2, 0.25) is 5.91 Å². The van der Waals surface area contributed by atoms with Crippen LogP contribution in [-0.2, 0) is 11.0 Å². The summed E-state index contributed by atoms with van der Waals surface area (Å²) in [5.74, 6) is -1.54. The zero-order valence-electron chi connectivity index (χ0n) is 30.8. The van der Waals surface area contributed by atoms with Crippen LogP contribution in [0.2, 0.25) is 0 Å². The van der Waals surface area contributed by atoms with E-state index in [1.807, 2.05) is 16.9 Å². The minimum Gasteiger partial charge on any atom is -0.494 e. The maximum absolute atomic E-state index is 13.3. The minimum absolute atomic E-state index is 0.000306. The summed E-state index contributed by atoms with van der Waals surface area (Å²) in [5, 5.41) is 12.2. The van der Waals surface area contributed by atoms with E-state index in [1.165, 1.54) is 13.2 Å². The summed E-state index contributed by atoms with van der Waals surface area (Å²) in [5.41, 5.74) is 0.793. The molecule has 15 nitrogen and oxygen atoms in total. The van der Waals surface area contributed by atoms with Gasteiger partial charge >= 0.3 is 12.2 Å². The lowest BCUT2D eigenvalue weighted by Crippen LogP contribution is -2.69. The number of urea groups is 1. The van der Waals surface area contributed by atoms with Crippen molar-refractivity contribution >= 4 is 51.9 Å². The molecule has 4 aromatic rings. The summed E-state index contributed by atoms with van der Waals surface area (Å²) in [6.07, 6.45) is 2.33. The molecule has 10 rings (SSSR count). The van der Waals surface area contributed by atoms with Gasteiger partial charge in [-0.1, -0.05) is 6.07 Å². The number of anilines is 2. The number of hydrogen-bond donors (Lipinski definition) is 2. The maximum atomic E-state index is 13.3. The van der Waals surface area contributed by atoms with E-state index < -0.39 is 41.5 Å². The lowest BCUT2D eigenvalue weighted by Gasteiger charge is -2.58. The highest BCUT2D eigenvalue weighted by Crippen LogP contribution is 2.41. The van der Waals surface area contributed by atoms with Crippen LogP contribution in [-0.4, -0.2) is 105 Å². The first-order chi connectivity index (χ1) is 27.3. The van der Waals surface area contributed by atoms with Crippen molar-refractivity contribution < 1.29 is 41.9 Å². The molecule has 2 atom stereocenters. The van der Waals surface area contributed by atoms with Crippen molar-refractivity contribution in [2.75, 3.05) is 43.5 Å². The predicted octanol–water partition coefficient (Wildman–Crippen LogP) is 4.86. The molecule has 2 N–H and O–H groups in total. The van der Waals surface area contributed by atoms with Gasteiger partial charge in [-0.15, -0.1) is 0 Å².